The number of anilines is 1. The van der Waals surface area contributed by atoms with Gasteiger partial charge in [-0.05, 0) is 42.5 Å². The molecule has 3 nitrogen and oxygen atoms in total. The van der Waals surface area contributed by atoms with Crippen LogP contribution in [0.3, 0.4) is 0 Å². The van der Waals surface area contributed by atoms with Crippen molar-refractivity contribution in [2.24, 2.45) is 0 Å². The zero-order valence-corrected chi connectivity index (χ0v) is 15.3. The largest absolute Gasteiger partial charge is 0.378 e. The molecule has 0 amide bonds. The SMILES string of the molecule is CSc1ccc([C@@H](C)NCc2ccccc2N2CCOCC2)cc1. The normalized spacial score (nSPS) is 16.2. The first-order valence-electron chi connectivity index (χ1n) is 8.56. The number of hydrogen-bond donors (Lipinski definition) is 1. The fourth-order valence-corrected chi connectivity index (χ4v) is 3.45. The van der Waals surface area contributed by atoms with Gasteiger partial charge in [-0.1, -0.05) is 30.3 Å². The molecular weight excluding hydrogens is 316 g/mol. The van der Waals surface area contributed by atoms with Gasteiger partial charge in [-0.2, -0.15) is 0 Å². The maximum Gasteiger partial charge on any atom is 0.0642 e. The van der Waals surface area contributed by atoms with Gasteiger partial charge in [0, 0.05) is 36.3 Å². The van der Waals surface area contributed by atoms with E-state index in [2.05, 4.69) is 71.9 Å². The topological polar surface area (TPSA) is 24.5 Å². The molecule has 0 radical (unpaired) electrons. The van der Waals surface area contributed by atoms with Crippen LogP contribution in [0.2, 0.25) is 0 Å². The second-order valence-electron chi connectivity index (χ2n) is 6.10. The highest BCUT2D eigenvalue weighted by Gasteiger charge is 2.14. The molecule has 0 saturated carbocycles. The number of rotatable bonds is 6. The Hall–Kier alpha value is -1.49. The zero-order chi connectivity index (χ0) is 16.8. The third-order valence-corrected chi connectivity index (χ3v) is 5.30. The number of nitrogens with zero attached hydrogens (tertiary/aromatic N) is 1. The summed E-state index contributed by atoms with van der Waals surface area (Å²) >= 11 is 1.78. The van der Waals surface area contributed by atoms with Crippen molar-refractivity contribution in [1.29, 1.82) is 0 Å². The molecule has 1 fully saturated rings. The minimum atomic E-state index is 0.332. The molecule has 2 aromatic rings. The average molecular weight is 343 g/mol. The van der Waals surface area contributed by atoms with Crippen LogP contribution >= 0.6 is 11.8 Å². The van der Waals surface area contributed by atoms with Crippen molar-refractivity contribution in [3.05, 3.63) is 59.7 Å². The van der Waals surface area contributed by atoms with Gasteiger partial charge < -0.3 is 15.0 Å². The quantitative estimate of drug-likeness (QED) is 0.799. The number of nitrogens with one attached hydrogen (secondary N) is 1. The highest BCUT2D eigenvalue weighted by atomic mass is 32.2. The molecule has 0 bridgehead atoms. The van der Waals surface area contributed by atoms with Gasteiger partial charge >= 0.3 is 0 Å². The Morgan fingerprint density at radius 2 is 1.79 bits per heavy atom. The van der Waals surface area contributed by atoms with E-state index in [1.807, 2.05) is 0 Å². The molecule has 0 aliphatic carbocycles. The summed E-state index contributed by atoms with van der Waals surface area (Å²) in [7, 11) is 0. The van der Waals surface area contributed by atoms with Crippen LogP contribution in [0.1, 0.15) is 24.1 Å². The molecule has 1 aliphatic heterocycles. The van der Waals surface area contributed by atoms with Crippen LogP contribution in [-0.2, 0) is 11.3 Å². The van der Waals surface area contributed by atoms with Crippen LogP contribution in [-0.4, -0.2) is 32.6 Å². The number of hydrogen-bond acceptors (Lipinski definition) is 4. The first-order chi connectivity index (χ1) is 11.8. The molecule has 1 heterocycles. The van der Waals surface area contributed by atoms with Crippen molar-refractivity contribution in [3.8, 4) is 0 Å². The van der Waals surface area contributed by atoms with Crippen LogP contribution in [0, 0.1) is 0 Å². The Bertz CT molecular complexity index is 638. The number of ether oxygens (including phenoxy) is 1. The highest BCUT2D eigenvalue weighted by molar-refractivity contribution is 7.98. The molecule has 24 heavy (non-hydrogen) atoms. The maximum atomic E-state index is 5.48. The summed E-state index contributed by atoms with van der Waals surface area (Å²) < 4.78 is 5.48. The lowest BCUT2D eigenvalue weighted by Crippen LogP contribution is -2.37. The standard InChI is InChI=1S/C20H26N2OS/c1-16(17-7-9-19(24-2)10-8-17)21-15-18-5-3-4-6-20(18)22-11-13-23-14-12-22/h3-10,16,21H,11-15H2,1-2H3/t16-/m1/s1. The molecule has 1 aliphatic rings. The number of thioether (sulfide) groups is 1. The summed E-state index contributed by atoms with van der Waals surface area (Å²) in [5, 5.41) is 3.67. The fraction of sp³-hybridized carbons (Fsp3) is 0.400. The van der Waals surface area contributed by atoms with Crippen LogP contribution in [0.5, 0.6) is 0 Å². The minimum absolute atomic E-state index is 0.332. The zero-order valence-electron chi connectivity index (χ0n) is 14.5. The Morgan fingerprint density at radius 1 is 1.08 bits per heavy atom. The summed E-state index contributed by atoms with van der Waals surface area (Å²) in [6, 6.07) is 17.9. The van der Waals surface area contributed by atoms with E-state index in [0.717, 1.165) is 32.8 Å². The van der Waals surface area contributed by atoms with Gasteiger partial charge in [0.25, 0.3) is 0 Å². The molecular formula is C20H26N2OS. The van der Waals surface area contributed by atoms with E-state index in [-0.39, 0.29) is 0 Å². The number of para-hydroxylation sites is 1. The van der Waals surface area contributed by atoms with Crippen LogP contribution in [0.4, 0.5) is 5.69 Å². The van der Waals surface area contributed by atoms with E-state index < -0.39 is 0 Å². The van der Waals surface area contributed by atoms with Crippen molar-refractivity contribution in [3.63, 3.8) is 0 Å². The predicted octanol–water partition coefficient (Wildman–Crippen LogP) is 4.10. The monoisotopic (exact) mass is 342 g/mol. The summed E-state index contributed by atoms with van der Waals surface area (Å²) in [5.41, 5.74) is 4.02. The fourth-order valence-electron chi connectivity index (χ4n) is 3.05. The second-order valence-corrected chi connectivity index (χ2v) is 6.98. The Balaban J connectivity index is 1.65. The van der Waals surface area contributed by atoms with Crippen molar-refractivity contribution in [2.45, 2.75) is 24.4 Å². The van der Waals surface area contributed by atoms with Crippen molar-refractivity contribution in [2.75, 3.05) is 37.5 Å². The van der Waals surface area contributed by atoms with Gasteiger partial charge in [-0.25, -0.2) is 0 Å². The molecule has 128 valence electrons. The third-order valence-electron chi connectivity index (χ3n) is 4.56. The smallest absolute Gasteiger partial charge is 0.0642 e. The molecule has 3 rings (SSSR count). The maximum absolute atomic E-state index is 5.48. The summed E-state index contributed by atoms with van der Waals surface area (Å²) in [6.45, 7) is 6.69. The summed E-state index contributed by atoms with van der Waals surface area (Å²) in [6.07, 6.45) is 2.11. The highest BCUT2D eigenvalue weighted by Crippen LogP contribution is 2.23. The molecule has 2 aromatic carbocycles. The number of benzene rings is 2. The van der Waals surface area contributed by atoms with Crippen molar-refractivity contribution < 1.29 is 4.74 Å². The van der Waals surface area contributed by atoms with Gasteiger partial charge in [-0.15, -0.1) is 11.8 Å². The molecule has 1 atom stereocenters. The van der Waals surface area contributed by atoms with Crippen LogP contribution in [0.25, 0.3) is 0 Å². The first kappa shape index (κ1) is 17.3. The van der Waals surface area contributed by atoms with Gasteiger partial charge in [0.05, 0.1) is 13.2 Å². The van der Waals surface area contributed by atoms with E-state index in [9.17, 15) is 0 Å². The molecule has 0 unspecified atom stereocenters. The van der Waals surface area contributed by atoms with E-state index in [1.54, 1.807) is 11.8 Å². The molecule has 0 aromatic heterocycles. The van der Waals surface area contributed by atoms with Gasteiger partial charge in [0.2, 0.25) is 0 Å². The number of morpholine rings is 1. The summed E-state index contributed by atoms with van der Waals surface area (Å²) in [4.78, 5) is 3.74. The first-order valence-corrected chi connectivity index (χ1v) is 9.78. The van der Waals surface area contributed by atoms with Gasteiger partial charge in [-0.3, -0.25) is 0 Å². The molecule has 4 heteroatoms. The Morgan fingerprint density at radius 3 is 2.50 bits per heavy atom. The van der Waals surface area contributed by atoms with Gasteiger partial charge in [0.1, 0.15) is 0 Å². The average Bonchev–Trinajstić information content (AvgIpc) is 2.67. The van der Waals surface area contributed by atoms with E-state index in [4.69, 9.17) is 4.74 Å². The lowest BCUT2D eigenvalue weighted by Gasteiger charge is -2.31. The lowest BCUT2D eigenvalue weighted by atomic mass is 10.1. The van der Waals surface area contributed by atoms with Crippen LogP contribution < -0.4 is 10.2 Å². The molecule has 1 saturated heterocycles. The predicted molar refractivity (Wildman–Crippen MR) is 103 cm³/mol. The second kappa shape index (κ2) is 8.56. The third kappa shape index (κ3) is 4.32. The van der Waals surface area contributed by atoms with Gasteiger partial charge in [0.15, 0.2) is 0 Å². The van der Waals surface area contributed by atoms with Crippen molar-refractivity contribution in [1.82, 2.24) is 5.32 Å². The molecule has 1 N–H and O–H groups in total. The molecule has 0 spiro atoms. The van der Waals surface area contributed by atoms with Crippen molar-refractivity contribution >= 4 is 17.4 Å². The van der Waals surface area contributed by atoms with E-state index in [0.29, 0.717) is 6.04 Å². The Kier molecular flexibility index (Phi) is 6.18. The van der Waals surface area contributed by atoms with E-state index in [1.165, 1.54) is 21.7 Å². The van der Waals surface area contributed by atoms with Crippen LogP contribution in [0.15, 0.2) is 53.4 Å². The summed E-state index contributed by atoms with van der Waals surface area (Å²) in [5.74, 6) is 0. The lowest BCUT2D eigenvalue weighted by molar-refractivity contribution is 0.122. The minimum Gasteiger partial charge on any atom is -0.378 e. The Labute approximate surface area is 149 Å². The van der Waals surface area contributed by atoms with E-state index >= 15 is 0 Å².